The van der Waals surface area contributed by atoms with Crippen molar-refractivity contribution in [2.45, 2.75) is 32.9 Å². The molecule has 23 heavy (non-hydrogen) atoms. The van der Waals surface area contributed by atoms with Crippen LogP contribution in [0.2, 0.25) is 0 Å². The molecule has 1 unspecified atom stereocenters. The van der Waals surface area contributed by atoms with Crippen LogP contribution in [0.1, 0.15) is 26.7 Å². The summed E-state index contributed by atoms with van der Waals surface area (Å²) in [6.45, 7) is 5.44. The summed E-state index contributed by atoms with van der Waals surface area (Å²) in [5.41, 5.74) is 7.46. The Balaban J connectivity index is 0.00000127. The third kappa shape index (κ3) is 5.65. The Kier molecular flexibility index (Phi) is 7.19. The van der Waals surface area contributed by atoms with Crippen LogP contribution < -0.4 is 16.0 Å². The predicted octanol–water partition coefficient (Wildman–Crippen LogP) is 3.19. The molecule has 1 aliphatic rings. The highest BCUT2D eigenvalue weighted by molar-refractivity contribution is 5.81. The first-order valence-corrected chi connectivity index (χ1v) is 7.82. The van der Waals surface area contributed by atoms with E-state index in [0.29, 0.717) is 12.2 Å². The number of hydrogen-bond donors (Lipinski definition) is 2. The number of rotatable bonds is 3. The fourth-order valence-corrected chi connectivity index (χ4v) is 2.56. The van der Waals surface area contributed by atoms with Gasteiger partial charge in [-0.25, -0.2) is 0 Å². The second kappa shape index (κ2) is 8.64. The van der Waals surface area contributed by atoms with Gasteiger partial charge in [-0.1, -0.05) is 26.0 Å². The molecule has 1 fully saturated rings. The molecule has 1 heterocycles. The number of benzene rings is 1. The van der Waals surface area contributed by atoms with Crippen molar-refractivity contribution in [2.75, 3.05) is 30.3 Å². The average Bonchev–Trinajstić information content (AvgIpc) is 2.54. The highest BCUT2D eigenvalue weighted by Crippen LogP contribution is 2.27. The van der Waals surface area contributed by atoms with Crippen molar-refractivity contribution in [1.82, 2.24) is 5.32 Å². The van der Waals surface area contributed by atoms with Gasteiger partial charge in [-0.2, -0.15) is 13.2 Å². The summed E-state index contributed by atoms with van der Waals surface area (Å²) in [5, 5.41) is 1.96. The Morgan fingerprint density at radius 1 is 1.35 bits per heavy atom. The van der Waals surface area contributed by atoms with Gasteiger partial charge in [0.2, 0.25) is 0 Å². The number of amides is 1. The largest absolute Gasteiger partial charge is 0.471 e. The van der Waals surface area contributed by atoms with E-state index in [1.807, 2.05) is 37.4 Å². The van der Waals surface area contributed by atoms with Gasteiger partial charge in [0.05, 0.1) is 11.4 Å². The van der Waals surface area contributed by atoms with Crippen molar-refractivity contribution in [1.29, 1.82) is 0 Å². The minimum Gasteiger partial charge on any atom is -0.397 e. The molecule has 1 aromatic carbocycles. The van der Waals surface area contributed by atoms with Crippen LogP contribution in [0.5, 0.6) is 0 Å². The monoisotopic (exact) mass is 331 g/mol. The molecule has 0 aromatic heterocycles. The number of para-hydroxylation sites is 2. The van der Waals surface area contributed by atoms with Gasteiger partial charge in [-0.05, 0) is 30.9 Å². The zero-order chi connectivity index (χ0) is 17.5. The predicted molar refractivity (Wildman–Crippen MR) is 86.2 cm³/mol. The summed E-state index contributed by atoms with van der Waals surface area (Å²) in [5.74, 6) is -1.89. The van der Waals surface area contributed by atoms with Crippen LogP contribution in [0.4, 0.5) is 24.5 Å². The van der Waals surface area contributed by atoms with Gasteiger partial charge in [-0.3, -0.25) is 4.79 Å². The molecule has 1 amide bonds. The molecule has 4 nitrogen and oxygen atoms in total. The van der Waals surface area contributed by atoms with Crippen LogP contribution in [-0.2, 0) is 4.79 Å². The van der Waals surface area contributed by atoms with E-state index in [4.69, 9.17) is 5.73 Å². The lowest BCUT2D eigenvalue weighted by atomic mass is 9.97. The Morgan fingerprint density at radius 2 is 2.00 bits per heavy atom. The SMILES string of the molecule is CC.Nc1ccccc1N1CCCC(CNC(=O)C(F)(F)F)C1. The zero-order valence-electron chi connectivity index (χ0n) is 13.5. The first-order chi connectivity index (χ1) is 10.9. The van der Waals surface area contributed by atoms with E-state index in [-0.39, 0.29) is 12.5 Å². The molecule has 3 N–H and O–H groups in total. The number of nitrogens with one attached hydrogen (secondary N) is 1. The van der Waals surface area contributed by atoms with E-state index in [1.165, 1.54) is 0 Å². The summed E-state index contributed by atoms with van der Waals surface area (Å²) in [4.78, 5) is 12.9. The van der Waals surface area contributed by atoms with Crippen LogP contribution >= 0.6 is 0 Å². The van der Waals surface area contributed by atoms with Gasteiger partial charge in [0.15, 0.2) is 0 Å². The minimum absolute atomic E-state index is 0.00958. The molecular formula is C16H24F3N3O. The van der Waals surface area contributed by atoms with Crippen molar-refractivity contribution in [3.8, 4) is 0 Å². The number of nitrogen functional groups attached to an aromatic ring is 1. The number of anilines is 2. The molecule has 1 aromatic rings. The molecule has 0 bridgehead atoms. The first kappa shape index (κ1) is 19.1. The summed E-state index contributed by atoms with van der Waals surface area (Å²) in [6, 6.07) is 7.40. The third-order valence-corrected chi connectivity index (χ3v) is 3.61. The Morgan fingerprint density at radius 3 is 2.61 bits per heavy atom. The van der Waals surface area contributed by atoms with E-state index in [0.717, 1.165) is 25.1 Å². The number of alkyl halides is 3. The van der Waals surface area contributed by atoms with E-state index in [2.05, 4.69) is 4.90 Å². The van der Waals surface area contributed by atoms with Crippen LogP contribution in [0.25, 0.3) is 0 Å². The van der Waals surface area contributed by atoms with Crippen molar-refractivity contribution in [3.05, 3.63) is 24.3 Å². The first-order valence-electron chi connectivity index (χ1n) is 7.82. The lowest BCUT2D eigenvalue weighted by Crippen LogP contribution is -2.44. The fourth-order valence-electron chi connectivity index (χ4n) is 2.56. The molecule has 1 atom stereocenters. The van der Waals surface area contributed by atoms with Gasteiger partial charge in [0, 0.05) is 19.6 Å². The summed E-state index contributed by atoms with van der Waals surface area (Å²) >= 11 is 0. The number of nitrogens with zero attached hydrogens (tertiary/aromatic N) is 1. The smallest absolute Gasteiger partial charge is 0.397 e. The highest BCUT2D eigenvalue weighted by Gasteiger charge is 2.38. The van der Waals surface area contributed by atoms with Crippen molar-refractivity contribution in [3.63, 3.8) is 0 Å². The third-order valence-electron chi connectivity index (χ3n) is 3.61. The average molecular weight is 331 g/mol. The second-order valence-corrected chi connectivity index (χ2v) is 5.22. The fraction of sp³-hybridized carbons (Fsp3) is 0.562. The quantitative estimate of drug-likeness (QED) is 0.836. The topological polar surface area (TPSA) is 58.4 Å². The number of nitrogens with two attached hydrogens (primary N) is 1. The maximum atomic E-state index is 12.2. The number of carbonyl (C=O) groups excluding carboxylic acids is 1. The van der Waals surface area contributed by atoms with E-state index in [1.54, 1.807) is 6.07 Å². The van der Waals surface area contributed by atoms with Gasteiger partial charge in [0.25, 0.3) is 0 Å². The molecule has 0 radical (unpaired) electrons. The Bertz CT molecular complexity index is 506. The minimum atomic E-state index is -4.82. The molecule has 0 aliphatic carbocycles. The van der Waals surface area contributed by atoms with Gasteiger partial charge < -0.3 is 16.0 Å². The maximum Gasteiger partial charge on any atom is 0.471 e. The zero-order valence-corrected chi connectivity index (χ0v) is 13.5. The summed E-state index contributed by atoms with van der Waals surface area (Å²) in [6.07, 6.45) is -3.17. The van der Waals surface area contributed by atoms with Crippen molar-refractivity contribution < 1.29 is 18.0 Å². The number of halogens is 3. The molecule has 1 aliphatic heterocycles. The number of carbonyl (C=O) groups is 1. The molecule has 130 valence electrons. The van der Waals surface area contributed by atoms with Crippen LogP contribution in [0.15, 0.2) is 24.3 Å². The van der Waals surface area contributed by atoms with Crippen molar-refractivity contribution >= 4 is 17.3 Å². The summed E-state index contributed by atoms with van der Waals surface area (Å²) in [7, 11) is 0. The van der Waals surface area contributed by atoms with Gasteiger partial charge >= 0.3 is 12.1 Å². The lowest BCUT2D eigenvalue weighted by Gasteiger charge is -2.35. The van der Waals surface area contributed by atoms with E-state index >= 15 is 0 Å². The van der Waals surface area contributed by atoms with E-state index in [9.17, 15) is 18.0 Å². The maximum absolute atomic E-state index is 12.2. The lowest BCUT2D eigenvalue weighted by molar-refractivity contribution is -0.173. The summed E-state index contributed by atoms with van der Waals surface area (Å²) < 4.78 is 36.5. The molecule has 7 heteroatoms. The van der Waals surface area contributed by atoms with Crippen LogP contribution in [-0.4, -0.2) is 31.7 Å². The highest BCUT2D eigenvalue weighted by atomic mass is 19.4. The van der Waals surface area contributed by atoms with E-state index < -0.39 is 12.1 Å². The number of piperidine rings is 1. The molecular weight excluding hydrogens is 307 g/mol. The van der Waals surface area contributed by atoms with Crippen LogP contribution in [0, 0.1) is 5.92 Å². The van der Waals surface area contributed by atoms with Gasteiger partial charge in [-0.15, -0.1) is 0 Å². The Hall–Kier alpha value is -1.92. The van der Waals surface area contributed by atoms with Crippen molar-refractivity contribution in [2.24, 2.45) is 5.92 Å². The normalized spacial score (nSPS) is 18.0. The Labute approximate surface area is 134 Å². The number of hydrogen-bond acceptors (Lipinski definition) is 3. The van der Waals surface area contributed by atoms with Crippen LogP contribution in [0.3, 0.4) is 0 Å². The van der Waals surface area contributed by atoms with Gasteiger partial charge in [0.1, 0.15) is 0 Å². The second-order valence-electron chi connectivity index (χ2n) is 5.22. The molecule has 2 rings (SSSR count). The molecule has 0 saturated carbocycles. The standard InChI is InChI=1S/C14H18F3N3O.C2H6/c15-14(16,17)13(21)19-8-10-4-3-7-20(9-10)12-6-2-1-5-11(12)18;1-2/h1-2,5-6,10H,3-4,7-9,18H2,(H,19,21);1-2H3. The molecule has 0 spiro atoms. The molecule has 1 saturated heterocycles.